The Morgan fingerprint density at radius 1 is 1.18 bits per heavy atom. The standard InChI is InChI=1S/C27H38N4O2/c1-19-16-20(2)23(29-17-19)18-31(24-10-6-8-21-9-7-13-28-25(21)24)22-11-14-30(15-12-22)26(32)33-27(3,4)5/h7,9,13,16-17,22,24H,6,8,10-12,14-15,18H2,1-5H3. The lowest BCUT2D eigenvalue weighted by Gasteiger charge is -2.43. The molecule has 33 heavy (non-hydrogen) atoms. The molecule has 6 heteroatoms. The minimum atomic E-state index is -0.466. The highest BCUT2D eigenvalue weighted by atomic mass is 16.6. The van der Waals surface area contributed by atoms with Crippen LogP contribution in [0.5, 0.6) is 0 Å². The van der Waals surface area contributed by atoms with Crippen molar-refractivity contribution in [3.8, 4) is 0 Å². The molecule has 4 rings (SSSR count). The van der Waals surface area contributed by atoms with Crippen molar-refractivity contribution < 1.29 is 9.53 Å². The second kappa shape index (κ2) is 9.80. The van der Waals surface area contributed by atoms with Crippen molar-refractivity contribution in [1.82, 2.24) is 19.8 Å². The van der Waals surface area contributed by atoms with Gasteiger partial charge in [-0.3, -0.25) is 14.9 Å². The van der Waals surface area contributed by atoms with Crippen molar-refractivity contribution in [3.05, 3.63) is 58.7 Å². The van der Waals surface area contributed by atoms with Crippen LogP contribution in [0.3, 0.4) is 0 Å². The fourth-order valence-corrected chi connectivity index (χ4v) is 5.19. The van der Waals surface area contributed by atoms with E-state index in [1.165, 1.54) is 28.8 Å². The van der Waals surface area contributed by atoms with E-state index in [1.54, 1.807) is 0 Å². The van der Waals surface area contributed by atoms with Gasteiger partial charge in [-0.25, -0.2) is 4.79 Å². The summed E-state index contributed by atoms with van der Waals surface area (Å²) in [5.74, 6) is 0. The number of aryl methyl sites for hydroxylation is 3. The lowest BCUT2D eigenvalue weighted by molar-refractivity contribution is 0.00778. The van der Waals surface area contributed by atoms with Gasteiger partial charge in [0.15, 0.2) is 0 Å². The zero-order chi connectivity index (χ0) is 23.6. The van der Waals surface area contributed by atoms with Crippen LogP contribution in [0.1, 0.15) is 80.6 Å². The Labute approximate surface area is 198 Å². The number of pyridine rings is 2. The largest absolute Gasteiger partial charge is 0.444 e. The molecule has 2 aromatic rings. The minimum Gasteiger partial charge on any atom is -0.444 e. The molecule has 0 saturated carbocycles. The zero-order valence-corrected chi connectivity index (χ0v) is 20.8. The molecule has 6 nitrogen and oxygen atoms in total. The van der Waals surface area contributed by atoms with E-state index in [9.17, 15) is 4.79 Å². The number of rotatable bonds is 4. The summed E-state index contributed by atoms with van der Waals surface area (Å²) in [6.07, 6.45) is 8.96. The lowest BCUT2D eigenvalue weighted by Crippen LogP contribution is -2.49. The molecule has 3 heterocycles. The van der Waals surface area contributed by atoms with Gasteiger partial charge in [0.05, 0.1) is 17.4 Å². The number of piperidine rings is 1. The maximum atomic E-state index is 12.6. The number of carbonyl (C=O) groups excluding carboxylic acids is 1. The van der Waals surface area contributed by atoms with Gasteiger partial charge in [0.2, 0.25) is 0 Å². The average Bonchev–Trinajstić information content (AvgIpc) is 2.77. The molecule has 2 aliphatic rings. The van der Waals surface area contributed by atoms with E-state index in [1.807, 2.05) is 38.1 Å². The van der Waals surface area contributed by atoms with E-state index in [4.69, 9.17) is 14.7 Å². The molecule has 0 N–H and O–H groups in total. The Hall–Kier alpha value is -2.47. The monoisotopic (exact) mass is 450 g/mol. The van der Waals surface area contributed by atoms with Crippen molar-refractivity contribution in [3.63, 3.8) is 0 Å². The van der Waals surface area contributed by atoms with Crippen molar-refractivity contribution in [2.24, 2.45) is 0 Å². The summed E-state index contributed by atoms with van der Waals surface area (Å²) in [6, 6.07) is 7.17. The number of fused-ring (bicyclic) bond motifs is 1. The number of aromatic nitrogens is 2. The maximum Gasteiger partial charge on any atom is 0.410 e. The van der Waals surface area contributed by atoms with Crippen LogP contribution < -0.4 is 0 Å². The van der Waals surface area contributed by atoms with Gasteiger partial charge < -0.3 is 9.64 Å². The molecular formula is C27H38N4O2. The summed E-state index contributed by atoms with van der Waals surface area (Å²) in [5, 5.41) is 0. The molecule has 0 spiro atoms. The van der Waals surface area contributed by atoms with Crippen molar-refractivity contribution >= 4 is 6.09 Å². The van der Waals surface area contributed by atoms with Crippen LogP contribution in [0.15, 0.2) is 30.6 Å². The van der Waals surface area contributed by atoms with Gasteiger partial charge in [-0.15, -0.1) is 0 Å². The fraction of sp³-hybridized carbons (Fsp3) is 0.593. The summed E-state index contributed by atoms with van der Waals surface area (Å²) < 4.78 is 5.61. The number of carbonyl (C=O) groups is 1. The summed E-state index contributed by atoms with van der Waals surface area (Å²) in [4.78, 5) is 26.7. The van der Waals surface area contributed by atoms with Crippen LogP contribution in [0.4, 0.5) is 4.79 Å². The Balaban J connectivity index is 1.56. The first-order valence-electron chi connectivity index (χ1n) is 12.3. The smallest absolute Gasteiger partial charge is 0.410 e. The number of hydrogen-bond acceptors (Lipinski definition) is 5. The molecule has 1 atom stereocenters. The van der Waals surface area contributed by atoms with E-state index in [0.717, 1.165) is 51.0 Å². The molecule has 1 saturated heterocycles. The number of amides is 1. The highest BCUT2D eigenvalue weighted by Gasteiger charge is 2.35. The summed E-state index contributed by atoms with van der Waals surface area (Å²) >= 11 is 0. The third-order valence-electron chi connectivity index (χ3n) is 6.81. The molecule has 1 aliphatic heterocycles. The summed E-state index contributed by atoms with van der Waals surface area (Å²) in [7, 11) is 0. The Morgan fingerprint density at radius 2 is 1.94 bits per heavy atom. The van der Waals surface area contributed by atoms with E-state index in [-0.39, 0.29) is 12.1 Å². The second-order valence-electron chi connectivity index (χ2n) is 10.6. The molecule has 2 aromatic heterocycles. The van der Waals surface area contributed by atoms with Crippen LogP contribution >= 0.6 is 0 Å². The van der Waals surface area contributed by atoms with Crippen LogP contribution in [0, 0.1) is 13.8 Å². The average molecular weight is 451 g/mol. The molecule has 1 amide bonds. The van der Waals surface area contributed by atoms with Crippen LogP contribution in [0.25, 0.3) is 0 Å². The molecule has 178 valence electrons. The number of nitrogens with zero attached hydrogens (tertiary/aromatic N) is 4. The molecule has 1 unspecified atom stereocenters. The third-order valence-corrected chi connectivity index (χ3v) is 6.81. The maximum absolute atomic E-state index is 12.6. The zero-order valence-electron chi connectivity index (χ0n) is 20.8. The van der Waals surface area contributed by atoms with Gasteiger partial charge in [0.1, 0.15) is 5.60 Å². The number of ether oxygens (including phenoxy) is 1. The quantitative estimate of drug-likeness (QED) is 0.626. The Bertz CT molecular complexity index is 976. The van der Waals surface area contributed by atoms with E-state index >= 15 is 0 Å². The van der Waals surface area contributed by atoms with Crippen molar-refractivity contribution in [2.75, 3.05) is 13.1 Å². The minimum absolute atomic E-state index is 0.201. The van der Waals surface area contributed by atoms with E-state index in [2.05, 4.69) is 36.9 Å². The van der Waals surface area contributed by atoms with Gasteiger partial charge in [-0.1, -0.05) is 12.1 Å². The van der Waals surface area contributed by atoms with Gasteiger partial charge in [0, 0.05) is 38.1 Å². The first-order chi connectivity index (χ1) is 15.7. The van der Waals surface area contributed by atoms with Gasteiger partial charge in [0.25, 0.3) is 0 Å². The van der Waals surface area contributed by atoms with Crippen molar-refractivity contribution in [1.29, 1.82) is 0 Å². The Kier molecular flexibility index (Phi) is 7.03. The first-order valence-corrected chi connectivity index (χ1v) is 12.3. The van der Waals surface area contributed by atoms with Crippen LogP contribution in [-0.4, -0.2) is 50.6 Å². The number of likely N-dealkylation sites (tertiary alicyclic amines) is 1. The molecule has 0 radical (unpaired) electrons. The molecule has 0 bridgehead atoms. The summed E-state index contributed by atoms with van der Waals surface area (Å²) in [6.45, 7) is 12.3. The molecule has 1 fully saturated rings. The van der Waals surface area contributed by atoms with Gasteiger partial charge in [-0.2, -0.15) is 0 Å². The first kappa shape index (κ1) is 23.7. The molecular weight excluding hydrogens is 412 g/mol. The van der Waals surface area contributed by atoms with Crippen LogP contribution in [-0.2, 0) is 17.7 Å². The molecule has 0 aromatic carbocycles. The number of hydrogen-bond donors (Lipinski definition) is 0. The predicted molar refractivity (Wildman–Crippen MR) is 130 cm³/mol. The van der Waals surface area contributed by atoms with E-state index in [0.29, 0.717) is 6.04 Å². The Morgan fingerprint density at radius 3 is 2.64 bits per heavy atom. The highest BCUT2D eigenvalue weighted by Crippen LogP contribution is 2.37. The normalized spacial score (nSPS) is 19.5. The van der Waals surface area contributed by atoms with Gasteiger partial charge in [-0.05, 0) is 89.5 Å². The van der Waals surface area contributed by atoms with Crippen molar-refractivity contribution in [2.45, 2.75) is 91.0 Å². The SMILES string of the molecule is Cc1cnc(CN(C2CCN(C(=O)OC(C)(C)C)CC2)C2CCCc3cccnc32)c(C)c1. The topological polar surface area (TPSA) is 58.6 Å². The third kappa shape index (κ3) is 5.72. The van der Waals surface area contributed by atoms with E-state index < -0.39 is 5.60 Å². The lowest BCUT2D eigenvalue weighted by atomic mass is 9.88. The molecule has 1 aliphatic carbocycles. The fourth-order valence-electron chi connectivity index (χ4n) is 5.19. The predicted octanol–water partition coefficient (Wildman–Crippen LogP) is 5.37. The van der Waals surface area contributed by atoms with Gasteiger partial charge >= 0.3 is 6.09 Å². The van der Waals surface area contributed by atoms with Crippen LogP contribution in [0.2, 0.25) is 0 Å². The summed E-state index contributed by atoms with van der Waals surface area (Å²) in [5.41, 5.74) is 5.70. The second-order valence-corrected chi connectivity index (χ2v) is 10.6. The highest BCUT2D eigenvalue weighted by molar-refractivity contribution is 5.68.